The molecule has 0 saturated heterocycles. The molecule has 2 aliphatic rings. The topological polar surface area (TPSA) is 38.0 Å². The lowest BCUT2D eigenvalue weighted by atomic mass is 9.79. The van der Waals surface area contributed by atoms with Gasteiger partial charge in [-0.1, -0.05) is 45.4 Å². The van der Waals surface area contributed by atoms with Gasteiger partial charge in [-0.3, -0.25) is 11.3 Å². The molecule has 3 atom stereocenters. The first-order chi connectivity index (χ1) is 7.83. The zero-order valence-corrected chi connectivity index (χ0v) is 10.8. The van der Waals surface area contributed by atoms with E-state index in [-0.39, 0.29) is 0 Å². The number of hydrogen-bond donors (Lipinski definition) is 2. The lowest BCUT2D eigenvalue weighted by Gasteiger charge is -2.33. The highest BCUT2D eigenvalue weighted by Crippen LogP contribution is 2.38. The van der Waals surface area contributed by atoms with Gasteiger partial charge in [-0.05, 0) is 37.0 Å². The third-order valence-electron chi connectivity index (χ3n) is 4.99. The zero-order chi connectivity index (χ0) is 11.4. The lowest BCUT2D eigenvalue weighted by Crippen LogP contribution is -2.46. The Morgan fingerprint density at radius 1 is 0.938 bits per heavy atom. The Bertz CT molecular complexity index is 197. The maximum Gasteiger partial charge on any atom is 0.0269 e. The molecule has 2 heteroatoms. The van der Waals surface area contributed by atoms with Crippen LogP contribution >= 0.6 is 0 Å². The van der Waals surface area contributed by atoms with E-state index in [0.29, 0.717) is 6.04 Å². The summed E-state index contributed by atoms with van der Waals surface area (Å²) in [6.45, 7) is 2.42. The number of hydrazine groups is 1. The first-order valence-electron chi connectivity index (χ1n) is 7.29. The molecule has 0 aromatic heterocycles. The fraction of sp³-hybridized carbons (Fsp3) is 1.00. The van der Waals surface area contributed by atoms with Crippen molar-refractivity contribution in [3.8, 4) is 0 Å². The van der Waals surface area contributed by atoms with Crippen molar-refractivity contribution in [3.05, 3.63) is 0 Å². The Morgan fingerprint density at radius 2 is 1.62 bits per heavy atom. The molecule has 2 nitrogen and oxygen atoms in total. The average molecular weight is 224 g/mol. The van der Waals surface area contributed by atoms with Gasteiger partial charge in [0.2, 0.25) is 0 Å². The Hall–Kier alpha value is -0.0800. The van der Waals surface area contributed by atoms with Crippen LogP contribution in [0, 0.1) is 17.8 Å². The molecule has 0 spiro atoms. The number of rotatable bonds is 3. The third kappa shape index (κ3) is 2.78. The summed E-state index contributed by atoms with van der Waals surface area (Å²) in [4.78, 5) is 0. The summed E-state index contributed by atoms with van der Waals surface area (Å²) in [5.41, 5.74) is 3.17. The fourth-order valence-corrected chi connectivity index (χ4v) is 3.99. The molecule has 0 bridgehead atoms. The number of nitrogens with two attached hydrogens (primary N) is 1. The standard InChI is InChI=1S/C14H28N2/c1-11-7-6-10-13(11)14(16-15)12-8-4-2-3-5-9-12/h11-14,16H,2-10,15H2,1H3. The van der Waals surface area contributed by atoms with Gasteiger partial charge in [0.25, 0.3) is 0 Å². The molecule has 0 amide bonds. The van der Waals surface area contributed by atoms with Crippen molar-refractivity contribution in [3.63, 3.8) is 0 Å². The van der Waals surface area contributed by atoms with Crippen LogP contribution in [0.2, 0.25) is 0 Å². The van der Waals surface area contributed by atoms with Gasteiger partial charge in [0.15, 0.2) is 0 Å². The predicted molar refractivity (Wildman–Crippen MR) is 68.8 cm³/mol. The van der Waals surface area contributed by atoms with Crippen LogP contribution in [-0.4, -0.2) is 6.04 Å². The van der Waals surface area contributed by atoms with Gasteiger partial charge in [-0.15, -0.1) is 0 Å². The Labute approximate surface area is 100 Å². The van der Waals surface area contributed by atoms with Gasteiger partial charge >= 0.3 is 0 Å². The highest BCUT2D eigenvalue weighted by Gasteiger charge is 2.34. The van der Waals surface area contributed by atoms with Crippen LogP contribution in [0.25, 0.3) is 0 Å². The van der Waals surface area contributed by atoms with E-state index in [1.54, 1.807) is 0 Å². The summed E-state index contributed by atoms with van der Waals surface area (Å²) in [5, 5.41) is 0. The summed E-state index contributed by atoms with van der Waals surface area (Å²) in [5.74, 6) is 8.41. The van der Waals surface area contributed by atoms with Crippen LogP contribution in [-0.2, 0) is 0 Å². The van der Waals surface area contributed by atoms with Gasteiger partial charge in [-0.2, -0.15) is 0 Å². The second-order valence-electron chi connectivity index (χ2n) is 6.02. The molecule has 0 aromatic carbocycles. The maximum atomic E-state index is 5.85. The van der Waals surface area contributed by atoms with Crippen molar-refractivity contribution in [1.29, 1.82) is 0 Å². The van der Waals surface area contributed by atoms with Crippen molar-refractivity contribution in [2.75, 3.05) is 0 Å². The van der Waals surface area contributed by atoms with E-state index in [0.717, 1.165) is 17.8 Å². The Kier molecular flexibility index (Phi) is 4.66. The van der Waals surface area contributed by atoms with Crippen molar-refractivity contribution >= 4 is 0 Å². The van der Waals surface area contributed by atoms with Gasteiger partial charge < -0.3 is 0 Å². The first kappa shape index (κ1) is 12.4. The van der Waals surface area contributed by atoms with Crippen molar-refractivity contribution in [1.82, 2.24) is 5.43 Å². The average Bonchev–Trinajstić information content (AvgIpc) is 2.57. The molecule has 2 fully saturated rings. The molecule has 2 aliphatic carbocycles. The third-order valence-corrected chi connectivity index (χ3v) is 4.99. The van der Waals surface area contributed by atoms with Gasteiger partial charge in [0.05, 0.1) is 0 Å². The van der Waals surface area contributed by atoms with Crippen molar-refractivity contribution < 1.29 is 0 Å². The SMILES string of the molecule is CC1CCCC1C(NN)C1CCCCCC1. The van der Waals surface area contributed by atoms with Crippen LogP contribution in [0.4, 0.5) is 0 Å². The van der Waals surface area contributed by atoms with Crippen LogP contribution in [0.3, 0.4) is 0 Å². The van der Waals surface area contributed by atoms with Gasteiger partial charge in [-0.25, -0.2) is 0 Å². The largest absolute Gasteiger partial charge is 0.271 e. The van der Waals surface area contributed by atoms with E-state index < -0.39 is 0 Å². The molecule has 0 heterocycles. The van der Waals surface area contributed by atoms with E-state index >= 15 is 0 Å². The van der Waals surface area contributed by atoms with Crippen molar-refractivity contribution in [2.45, 2.75) is 70.8 Å². The predicted octanol–water partition coefficient (Wildman–Crippen LogP) is 3.22. The fourth-order valence-electron chi connectivity index (χ4n) is 3.99. The number of hydrogen-bond acceptors (Lipinski definition) is 2. The molecule has 3 unspecified atom stereocenters. The molecule has 0 aliphatic heterocycles. The molecule has 94 valence electrons. The van der Waals surface area contributed by atoms with Crippen LogP contribution in [0.1, 0.15) is 64.7 Å². The molecule has 3 N–H and O–H groups in total. The quantitative estimate of drug-likeness (QED) is 0.439. The van der Waals surface area contributed by atoms with E-state index in [2.05, 4.69) is 12.3 Å². The van der Waals surface area contributed by atoms with E-state index in [4.69, 9.17) is 5.84 Å². The molecule has 0 radical (unpaired) electrons. The van der Waals surface area contributed by atoms with Crippen LogP contribution < -0.4 is 11.3 Å². The summed E-state index contributed by atoms with van der Waals surface area (Å²) >= 11 is 0. The first-order valence-corrected chi connectivity index (χ1v) is 7.29. The zero-order valence-electron chi connectivity index (χ0n) is 10.8. The second-order valence-corrected chi connectivity index (χ2v) is 6.02. The summed E-state index contributed by atoms with van der Waals surface area (Å²) in [6.07, 6.45) is 12.7. The van der Waals surface area contributed by atoms with Crippen molar-refractivity contribution in [2.24, 2.45) is 23.6 Å². The van der Waals surface area contributed by atoms with Gasteiger partial charge in [0.1, 0.15) is 0 Å². The van der Waals surface area contributed by atoms with E-state index in [9.17, 15) is 0 Å². The van der Waals surface area contributed by atoms with Crippen LogP contribution in [0.15, 0.2) is 0 Å². The minimum atomic E-state index is 0.593. The monoisotopic (exact) mass is 224 g/mol. The molecule has 0 aromatic rings. The maximum absolute atomic E-state index is 5.85. The Balaban J connectivity index is 1.96. The second kappa shape index (κ2) is 6.02. The minimum absolute atomic E-state index is 0.593. The van der Waals surface area contributed by atoms with Gasteiger partial charge in [0, 0.05) is 6.04 Å². The molecular weight excluding hydrogens is 196 g/mol. The summed E-state index contributed by atoms with van der Waals surface area (Å²) in [6, 6.07) is 0.593. The highest BCUT2D eigenvalue weighted by atomic mass is 15.2. The van der Waals surface area contributed by atoms with E-state index in [1.807, 2.05) is 0 Å². The number of nitrogens with one attached hydrogen (secondary N) is 1. The molecular formula is C14H28N2. The van der Waals surface area contributed by atoms with Crippen LogP contribution in [0.5, 0.6) is 0 Å². The molecule has 16 heavy (non-hydrogen) atoms. The van der Waals surface area contributed by atoms with E-state index in [1.165, 1.54) is 57.8 Å². The molecule has 2 rings (SSSR count). The highest BCUT2D eigenvalue weighted by molar-refractivity contribution is 4.88. The smallest absolute Gasteiger partial charge is 0.0269 e. The lowest BCUT2D eigenvalue weighted by molar-refractivity contribution is 0.206. The molecule has 2 saturated carbocycles. The summed E-state index contributed by atoms with van der Waals surface area (Å²) in [7, 11) is 0. The summed E-state index contributed by atoms with van der Waals surface area (Å²) < 4.78 is 0. The normalized spacial score (nSPS) is 34.9. The Morgan fingerprint density at radius 3 is 2.12 bits per heavy atom. The minimum Gasteiger partial charge on any atom is -0.271 e.